The first-order valence-corrected chi connectivity index (χ1v) is 11.3. The number of nitrogens with two attached hydrogens (primary N) is 1. The number of alkyl halides is 3. The third-order valence-corrected chi connectivity index (χ3v) is 5.17. The molecule has 1 aromatic heterocycles. The van der Waals surface area contributed by atoms with Gasteiger partial charge in [-0.05, 0) is 43.0 Å². The van der Waals surface area contributed by atoms with E-state index in [1.807, 2.05) is 0 Å². The molecule has 180 valence electrons. The highest BCUT2D eigenvalue weighted by atomic mass is 32.2. The zero-order valence-electron chi connectivity index (χ0n) is 17.3. The molecular formula is C19H21F3N4O6S. The molecule has 0 radical (unpaired) electrons. The number of nitrogens with zero attached hydrogens (tertiary/aromatic N) is 2. The van der Waals surface area contributed by atoms with Gasteiger partial charge in [-0.3, -0.25) is 4.79 Å². The first-order chi connectivity index (χ1) is 15.2. The zero-order valence-corrected chi connectivity index (χ0v) is 18.1. The van der Waals surface area contributed by atoms with E-state index in [9.17, 15) is 26.4 Å². The maximum atomic E-state index is 12.6. The van der Waals surface area contributed by atoms with Crippen LogP contribution in [-0.2, 0) is 26.1 Å². The van der Waals surface area contributed by atoms with E-state index in [1.165, 1.54) is 4.90 Å². The van der Waals surface area contributed by atoms with Crippen molar-refractivity contribution in [3.63, 3.8) is 0 Å². The summed E-state index contributed by atoms with van der Waals surface area (Å²) in [5.41, 5.74) is 7.67. The lowest BCUT2D eigenvalue weighted by Gasteiger charge is -2.23. The first kappa shape index (κ1) is 25.9. The molecule has 2 heterocycles. The Morgan fingerprint density at radius 1 is 1.42 bits per heavy atom. The summed E-state index contributed by atoms with van der Waals surface area (Å²) >= 11 is 0. The number of nitriles is 1. The Kier molecular flexibility index (Phi) is 7.93. The van der Waals surface area contributed by atoms with Gasteiger partial charge in [0.25, 0.3) is 0 Å². The third kappa shape index (κ3) is 7.09. The number of nitrogens with one attached hydrogen (secondary N) is 1. The van der Waals surface area contributed by atoms with Gasteiger partial charge in [-0.2, -0.15) is 26.9 Å². The fourth-order valence-corrected chi connectivity index (χ4v) is 3.71. The van der Waals surface area contributed by atoms with Gasteiger partial charge in [0.1, 0.15) is 11.8 Å². The topological polar surface area (TPSA) is 167 Å². The highest BCUT2D eigenvalue weighted by Gasteiger charge is 2.38. The van der Waals surface area contributed by atoms with E-state index in [4.69, 9.17) is 25.1 Å². The van der Waals surface area contributed by atoms with Gasteiger partial charge in [0.15, 0.2) is 0 Å². The van der Waals surface area contributed by atoms with Crippen LogP contribution in [-0.4, -0.2) is 66.3 Å². The van der Waals surface area contributed by atoms with Crippen LogP contribution >= 0.6 is 0 Å². The van der Waals surface area contributed by atoms with Crippen LogP contribution in [0.5, 0.6) is 5.75 Å². The maximum absolute atomic E-state index is 12.6. The number of rotatable bonds is 5. The second-order valence-electron chi connectivity index (χ2n) is 7.24. The minimum Gasteiger partial charge on any atom is -0.475 e. The molecule has 14 heteroatoms. The summed E-state index contributed by atoms with van der Waals surface area (Å²) < 4.78 is 59.3. The van der Waals surface area contributed by atoms with Gasteiger partial charge in [0, 0.05) is 23.6 Å². The fraction of sp³-hybridized carbons (Fsp3) is 0.421. The van der Waals surface area contributed by atoms with Gasteiger partial charge in [-0.1, -0.05) is 0 Å². The smallest absolute Gasteiger partial charge is 0.475 e. The summed E-state index contributed by atoms with van der Waals surface area (Å²) in [4.78, 5) is 26.1. The number of fused-ring (bicyclic) bond motifs is 1. The van der Waals surface area contributed by atoms with Crippen molar-refractivity contribution in [3.8, 4) is 11.8 Å². The molecule has 0 aliphatic carbocycles. The van der Waals surface area contributed by atoms with Crippen molar-refractivity contribution in [2.75, 3.05) is 12.8 Å². The van der Waals surface area contributed by atoms with Crippen molar-refractivity contribution < 1.29 is 40.5 Å². The zero-order chi connectivity index (χ0) is 25.0. The largest absolute Gasteiger partial charge is 0.490 e. The number of aliphatic carboxylic acids is 1. The number of carbonyl (C=O) groups excluding carboxylic acids is 1. The summed E-state index contributed by atoms with van der Waals surface area (Å²) in [6.45, 7) is 0.547. The quantitative estimate of drug-likeness (QED) is 0.531. The van der Waals surface area contributed by atoms with E-state index in [0.717, 1.165) is 29.1 Å². The molecule has 1 fully saturated rings. The Morgan fingerprint density at radius 2 is 2.06 bits per heavy atom. The van der Waals surface area contributed by atoms with E-state index < -0.39 is 34.3 Å². The van der Waals surface area contributed by atoms with Crippen molar-refractivity contribution in [2.45, 2.75) is 37.5 Å². The van der Waals surface area contributed by atoms with E-state index in [2.05, 4.69) is 11.1 Å². The fourth-order valence-electron chi connectivity index (χ4n) is 3.25. The Bertz CT molecular complexity index is 1170. The van der Waals surface area contributed by atoms with Crippen LogP contribution in [0.15, 0.2) is 24.4 Å². The summed E-state index contributed by atoms with van der Waals surface area (Å²) in [5, 5.41) is 17.0. The van der Waals surface area contributed by atoms with E-state index >= 15 is 0 Å². The number of aromatic amines is 1. The van der Waals surface area contributed by atoms with Gasteiger partial charge in [0.05, 0.1) is 18.4 Å². The Hall–Kier alpha value is -3.31. The summed E-state index contributed by atoms with van der Waals surface area (Å²) in [5.74, 6) is -2.80. The number of halogens is 3. The molecule has 10 nitrogen and oxygen atoms in total. The molecule has 1 aliphatic rings. The van der Waals surface area contributed by atoms with Crippen molar-refractivity contribution in [2.24, 2.45) is 5.73 Å². The lowest BCUT2D eigenvalue weighted by atomic mass is 10.0. The standard InChI is InChI=1S/C17H20N4O4S.C2HF3O2/c1-26(23,24)25-13-4-5-16-14(8-13)11(10-20-16)7-15(19)17(22)21-6-2-3-12(21)9-18;3-2(4,5)1(6)7/h4-5,8,10,12,15,20H,2-3,6-7,19H2,1H3;(H,6,7)/t12-,15-;/m0./s1. The van der Waals surface area contributed by atoms with Gasteiger partial charge < -0.3 is 24.9 Å². The highest BCUT2D eigenvalue weighted by molar-refractivity contribution is 7.86. The number of hydrogen-bond acceptors (Lipinski definition) is 7. The van der Waals surface area contributed by atoms with Crippen molar-refractivity contribution >= 4 is 32.9 Å². The predicted octanol–water partition coefficient (Wildman–Crippen LogP) is 1.52. The number of carboxylic acid groups (broad SMARTS) is 1. The van der Waals surface area contributed by atoms with E-state index in [0.29, 0.717) is 13.0 Å². The lowest BCUT2D eigenvalue weighted by molar-refractivity contribution is -0.192. The second kappa shape index (κ2) is 10.1. The molecular weight excluding hydrogens is 469 g/mol. The molecule has 4 N–H and O–H groups in total. The maximum Gasteiger partial charge on any atom is 0.490 e. The molecule has 1 amide bonds. The summed E-state index contributed by atoms with van der Waals surface area (Å²) in [6, 6.07) is 5.81. The monoisotopic (exact) mass is 490 g/mol. The van der Waals surface area contributed by atoms with E-state index in [1.54, 1.807) is 24.4 Å². The number of benzene rings is 1. The molecule has 2 atom stereocenters. The van der Waals surface area contributed by atoms with Gasteiger partial charge in [0.2, 0.25) is 5.91 Å². The average molecular weight is 490 g/mol. The van der Waals surface area contributed by atoms with Crippen LogP contribution in [0, 0.1) is 11.3 Å². The molecule has 3 rings (SSSR count). The van der Waals surface area contributed by atoms with Gasteiger partial charge in [-0.25, -0.2) is 4.79 Å². The Balaban J connectivity index is 0.000000479. The van der Waals surface area contributed by atoms with Gasteiger partial charge in [-0.15, -0.1) is 0 Å². The van der Waals surface area contributed by atoms with Crippen LogP contribution in [0.1, 0.15) is 18.4 Å². The van der Waals surface area contributed by atoms with E-state index in [-0.39, 0.29) is 18.1 Å². The van der Waals surface area contributed by atoms with Crippen LogP contribution in [0.3, 0.4) is 0 Å². The molecule has 0 saturated carbocycles. The summed E-state index contributed by atoms with van der Waals surface area (Å²) in [7, 11) is -3.62. The lowest BCUT2D eigenvalue weighted by Crippen LogP contribution is -2.46. The van der Waals surface area contributed by atoms with Crippen molar-refractivity contribution in [3.05, 3.63) is 30.0 Å². The Morgan fingerprint density at radius 3 is 2.61 bits per heavy atom. The minimum atomic E-state index is -5.08. The van der Waals surface area contributed by atoms with Crippen LogP contribution in [0.2, 0.25) is 0 Å². The van der Waals surface area contributed by atoms with Crippen LogP contribution < -0.4 is 9.92 Å². The molecule has 0 spiro atoms. The second-order valence-corrected chi connectivity index (χ2v) is 8.82. The molecule has 0 unspecified atom stereocenters. The number of aromatic nitrogens is 1. The Labute approximate surface area is 186 Å². The molecule has 1 aliphatic heterocycles. The predicted molar refractivity (Wildman–Crippen MR) is 109 cm³/mol. The number of hydrogen-bond donors (Lipinski definition) is 3. The normalized spacial score (nSPS) is 17.1. The molecule has 1 saturated heterocycles. The minimum absolute atomic E-state index is 0.199. The van der Waals surface area contributed by atoms with Crippen LogP contribution in [0.4, 0.5) is 13.2 Å². The van der Waals surface area contributed by atoms with Crippen molar-refractivity contribution in [1.82, 2.24) is 9.88 Å². The average Bonchev–Trinajstić information content (AvgIpc) is 3.33. The number of amides is 1. The number of carboxylic acids is 1. The van der Waals surface area contributed by atoms with Gasteiger partial charge >= 0.3 is 22.3 Å². The third-order valence-electron chi connectivity index (χ3n) is 4.67. The highest BCUT2D eigenvalue weighted by Crippen LogP contribution is 2.26. The van der Waals surface area contributed by atoms with Crippen molar-refractivity contribution in [1.29, 1.82) is 5.26 Å². The SMILES string of the molecule is CS(=O)(=O)Oc1ccc2[nH]cc(C[C@H](N)C(=O)N3CCC[C@H]3C#N)c2c1.O=C(O)C(F)(F)F. The molecule has 33 heavy (non-hydrogen) atoms. The molecule has 1 aromatic carbocycles. The summed E-state index contributed by atoms with van der Waals surface area (Å²) in [6.07, 6.45) is -0.612. The number of H-pyrrole nitrogens is 1. The molecule has 0 bridgehead atoms. The first-order valence-electron chi connectivity index (χ1n) is 9.48. The number of carbonyl (C=O) groups is 2. The van der Waals surface area contributed by atoms with Crippen LogP contribution in [0.25, 0.3) is 10.9 Å². The molecule has 2 aromatic rings. The number of likely N-dealkylation sites (tertiary alicyclic amines) is 1.